The zero-order valence-corrected chi connectivity index (χ0v) is 9.70. The Morgan fingerprint density at radius 2 is 2.00 bits per heavy atom. The molecule has 0 bridgehead atoms. The van der Waals surface area contributed by atoms with Crippen LogP contribution >= 0.6 is 23.6 Å². The van der Waals surface area contributed by atoms with Crippen LogP contribution in [0.2, 0.25) is 0 Å². The van der Waals surface area contributed by atoms with Gasteiger partial charge in [0, 0.05) is 5.56 Å². The molecule has 0 aliphatic rings. The average Bonchev–Trinajstić information content (AvgIpc) is 2.79. The molecule has 3 rings (SSSR count). The van der Waals surface area contributed by atoms with Gasteiger partial charge in [-0.05, 0) is 12.2 Å². The maximum absolute atomic E-state index is 5.26. The van der Waals surface area contributed by atoms with Crippen LogP contribution in [-0.4, -0.2) is 19.6 Å². The highest BCUT2D eigenvalue weighted by Crippen LogP contribution is 2.22. The lowest BCUT2D eigenvalue weighted by Crippen LogP contribution is -1.89. The second-order valence-corrected chi connectivity index (χ2v) is 4.77. The fourth-order valence-electron chi connectivity index (χ4n) is 1.38. The summed E-state index contributed by atoms with van der Waals surface area (Å²) >= 11 is 6.71. The van der Waals surface area contributed by atoms with Gasteiger partial charge in [0.05, 0.1) is 0 Å². The molecule has 0 atom stereocenters. The molecule has 0 aliphatic carbocycles. The van der Waals surface area contributed by atoms with Crippen LogP contribution in [-0.2, 0) is 0 Å². The van der Waals surface area contributed by atoms with Gasteiger partial charge in [0.2, 0.25) is 0 Å². The SMILES string of the molecule is S=c1sc(-c2ccccc2)nc2nncn12. The number of benzene rings is 1. The van der Waals surface area contributed by atoms with E-state index >= 15 is 0 Å². The Morgan fingerprint density at radius 1 is 1.19 bits per heavy atom. The van der Waals surface area contributed by atoms with E-state index < -0.39 is 0 Å². The van der Waals surface area contributed by atoms with Crippen LogP contribution in [0.3, 0.4) is 0 Å². The van der Waals surface area contributed by atoms with Crippen LogP contribution in [0.4, 0.5) is 0 Å². The summed E-state index contributed by atoms with van der Waals surface area (Å²) in [7, 11) is 0. The van der Waals surface area contributed by atoms with Gasteiger partial charge in [-0.3, -0.25) is 0 Å². The molecule has 0 unspecified atom stereocenters. The lowest BCUT2D eigenvalue weighted by molar-refractivity contribution is 1.10. The molecule has 3 aromatic rings. The topological polar surface area (TPSA) is 43.1 Å². The third-order valence-corrected chi connectivity index (χ3v) is 3.47. The number of nitrogens with zero attached hydrogens (tertiary/aromatic N) is 4. The first-order valence-corrected chi connectivity index (χ1v) is 5.83. The van der Waals surface area contributed by atoms with Crippen molar-refractivity contribution in [2.24, 2.45) is 0 Å². The Kier molecular flexibility index (Phi) is 2.23. The summed E-state index contributed by atoms with van der Waals surface area (Å²) in [6, 6.07) is 9.92. The molecule has 0 saturated carbocycles. The smallest absolute Gasteiger partial charge is 0.247 e. The minimum atomic E-state index is 0.544. The Hall–Kier alpha value is -1.66. The van der Waals surface area contributed by atoms with Crippen molar-refractivity contribution in [3.63, 3.8) is 0 Å². The number of hydrogen-bond donors (Lipinski definition) is 0. The molecule has 78 valence electrons. The van der Waals surface area contributed by atoms with Crippen LogP contribution in [0.5, 0.6) is 0 Å². The largest absolute Gasteiger partial charge is 0.257 e. The van der Waals surface area contributed by atoms with Crippen LogP contribution in [0.1, 0.15) is 0 Å². The van der Waals surface area contributed by atoms with Gasteiger partial charge in [-0.25, -0.2) is 4.40 Å². The number of fused-ring (bicyclic) bond motifs is 1. The van der Waals surface area contributed by atoms with Gasteiger partial charge in [-0.15, -0.1) is 10.2 Å². The van der Waals surface area contributed by atoms with Gasteiger partial charge in [0.1, 0.15) is 11.3 Å². The summed E-state index contributed by atoms with van der Waals surface area (Å²) in [5.74, 6) is 0.544. The first-order chi connectivity index (χ1) is 7.84. The van der Waals surface area contributed by atoms with Crippen molar-refractivity contribution in [1.29, 1.82) is 0 Å². The van der Waals surface area contributed by atoms with Crippen molar-refractivity contribution in [1.82, 2.24) is 19.6 Å². The second-order valence-electron chi connectivity index (χ2n) is 3.15. The van der Waals surface area contributed by atoms with E-state index in [1.165, 1.54) is 11.3 Å². The van der Waals surface area contributed by atoms with Gasteiger partial charge in [-0.2, -0.15) is 4.98 Å². The van der Waals surface area contributed by atoms with E-state index in [0.29, 0.717) is 9.73 Å². The van der Waals surface area contributed by atoms with E-state index in [2.05, 4.69) is 15.2 Å². The van der Waals surface area contributed by atoms with Crippen molar-refractivity contribution in [2.45, 2.75) is 0 Å². The number of rotatable bonds is 1. The maximum Gasteiger partial charge on any atom is 0.257 e. The summed E-state index contributed by atoms with van der Waals surface area (Å²) < 4.78 is 2.40. The normalized spacial score (nSPS) is 10.8. The molecule has 0 spiro atoms. The van der Waals surface area contributed by atoms with E-state index in [9.17, 15) is 0 Å². The van der Waals surface area contributed by atoms with Crippen molar-refractivity contribution in [3.05, 3.63) is 40.6 Å². The second kappa shape index (κ2) is 3.73. The van der Waals surface area contributed by atoms with Crippen LogP contribution < -0.4 is 0 Å². The lowest BCUT2D eigenvalue weighted by atomic mass is 10.2. The van der Waals surface area contributed by atoms with Gasteiger partial charge < -0.3 is 0 Å². The summed E-state index contributed by atoms with van der Waals surface area (Å²) in [6.07, 6.45) is 1.58. The summed E-state index contributed by atoms with van der Waals surface area (Å²) in [5, 5.41) is 8.56. The van der Waals surface area contributed by atoms with E-state index in [4.69, 9.17) is 12.2 Å². The highest BCUT2D eigenvalue weighted by molar-refractivity contribution is 7.73. The van der Waals surface area contributed by atoms with Crippen LogP contribution in [0, 0.1) is 3.95 Å². The predicted octanol–water partition coefficient (Wildman–Crippen LogP) is 2.58. The quantitative estimate of drug-likeness (QED) is 0.619. The molecule has 0 saturated heterocycles. The predicted molar refractivity (Wildman–Crippen MR) is 64.9 cm³/mol. The number of hydrogen-bond acceptors (Lipinski definition) is 5. The highest BCUT2D eigenvalue weighted by Gasteiger charge is 2.04. The van der Waals surface area contributed by atoms with E-state index in [0.717, 1.165) is 10.6 Å². The Labute approximate surface area is 100 Å². The molecule has 2 aromatic heterocycles. The monoisotopic (exact) mass is 246 g/mol. The highest BCUT2D eigenvalue weighted by atomic mass is 32.1. The molecule has 1 aromatic carbocycles. The van der Waals surface area contributed by atoms with E-state index in [1.807, 2.05) is 30.3 Å². The molecule has 0 N–H and O–H groups in total. The molecule has 0 fully saturated rings. The molecule has 2 heterocycles. The van der Waals surface area contributed by atoms with E-state index in [1.54, 1.807) is 10.7 Å². The van der Waals surface area contributed by atoms with Gasteiger partial charge in [-0.1, -0.05) is 41.7 Å². The summed E-state index contributed by atoms with van der Waals surface area (Å²) in [4.78, 5) is 4.41. The Morgan fingerprint density at radius 3 is 2.81 bits per heavy atom. The standard InChI is InChI=1S/C10H6N4S2/c15-10-14-6-11-13-9(14)12-8(16-10)7-4-2-1-3-5-7/h1-6H. The molecule has 0 amide bonds. The molecular formula is C10H6N4S2. The minimum absolute atomic E-state index is 0.544. The Bertz CT molecular complexity index is 687. The molecule has 16 heavy (non-hydrogen) atoms. The Balaban J connectivity index is 2.30. The van der Waals surface area contributed by atoms with Crippen molar-refractivity contribution >= 4 is 29.3 Å². The minimum Gasteiger partial charge on any atom is -0.247 e. The van der Waals surface area contributed by atoms with Gasteiger partial charge in [0.25, 0.3) is 5.78 Å². The fourth-order valence-corrected chi connectivity index (χ4v) is 2.52. The van der Waals surface area contributed by atoms with Gasteiger partial charge >= 0.3 is 0 Å². The third-order valence-electron chi connectivity index (χ3n) is 2.13. The van der Waals surface area contributed by atoms with E-state index in [-0.39, 0.29) is 0 Å². The fraction of sp³-hybridized carbons (Fsp3) is 0. The van der Waals surface area contributed by atoms with Crippen molar-refractivity contribution in [3.8, 4) is 10.6 Å². The van der Waals surface area contributed by atoms with Crippen molar-refractivity contribution < 1.29 is 0 Å². The zero-order chi connectivity index (χ0) is 11.0. The zero-order valence-electron chi connectivity index (χ0n) is 8.07. The molecular weight excluding hydrogens is 240 g/mol. The first-order valence-electron chi connectivity index (χ1n) is 4.61. The summed E-state index contributed by atoms with van der Waals surface area (Å²) in [5.41, 5.74) is 1.05. The lowest BCUT2D eigenvalue weighted by Gasteiger charge is -1.99. The third kappa shape index (κ3) is 1.52. The maximum atomic E-state index is 5.26. The molecule has 6 heteroatoms. The first kappa shape index (κ1) is 9.56. The van der Waals surface area contributed by atoms with Crippen LogP contribution in [0.25, 0.3) is 16.3 Å². The molecule has 0 aliphatic heterocycles. The molecule has 4 nitrogen and oxygen atoms in total. The van der Waals surface area contributed by atoms with Gasteiger partial charge in [0.15, 0.2) is 3.95 Å². The average molecular weight is 246 g/mol. The van der Waals surface area contributed by atoms with Crippen molar-refractivity contribution in [2.75, 3.05) is 0 Å². The number of aromatic nitrogens is 4. The summed E-state index contributed by atoms with van der Waals surface area (Å²) in [6.45, 7) is 0. The molecule has 0 radical (unpaired) electrons. The van der Waals surface area contributed by atoms with Crippen LogP contribution in [0.15, 0.2) is 36.7 Å².